The van der Waals surface area contributed by atoms with E-state index in [0.717, 1.165) is 7.11 Å². The molecule has 13 heavy (non-hydrogen) atoms. The SMILES string of the molecule is COCO[N+](=O)[O-].CO[N+](=O)[O-].I. The fourth-order valence-electron chi connectivity index (χ4n) is 0.0957. The van der Waals surface area contributed by atoms with Gasteiger partial charge >= 0.3 is 0 Å². The molecule has 0 heterocycles. The quantitative estimate of drug-likeness (QED) is 0.316. The standard InChI is InChI=1S/C2H5NO4.CH3NO3.HI/c1-6-2-7-3(4)5;1-5-2(3)4;/h2H2,1H3;1H3;1H. The zero-order valence-electron chi connectivity index (χ0n) is 6.87. The predicted octanol–water partition coefficient (Wildman–Crippen LogP) is 0.241. The molecule has 0 aliphatic carbocycles. The lowest BCUT2D eigenvalue weighted by atomic mass is 11.4. The Balaban J connectivity index is -0.000000150. The molecule has 0 rings (SSSR count). The smallest absolute Gasteiger partial charge is 0.296 e. The van der Waals surface area contributed by atoms with E-state index in [4.69, 9.17) is 10.1 Å². The second-order valence-corrected chi connectivity index (χ2v) is 1.17. The Labute approximate surface area is 90.2 Å². The highest BCUT2D eigenvalue weighted by Gasteiger charge is 1.87. The summed E-state index contributed by atoms with van der Waals surface area (Å²) in [6.07, 6.45) is 0. The van der Waals surface area contributed by atoms with Gasteiger partial charge in [-0.1, -0.05) is 0 Å². The number of rotatable bonds is 4. The third-order valence-corrected chi connectivity index (χ3v) is 0.425. The van der Waals surface area contributed by atoms with Crippen LogP contribution < -0.4 is 0 Å². The van der Waals surface area contributed by atoms with Crippen molar-refractivity contribution in [1.29, 1.82) is 0 Å². The Morgan fingerprint density at radius 2 is 1.54 bits per heavy atom. The summed E-state index contributed by atoms with van der Waals surface area (Å²) in [4.78, 5) is 25.4. The summed E-state index contributed by atoms with van der Waals surface area (Å²) >= 11 is 0. The molecule has 0 aromatic heterocycles. The lowest BCUT2D eigenvalue weighted by Crippen LogP contribution is -2.02. The van der Waals surface area contributed by atoms with Crippen molar-refractivity contribution in [2.75, 3.05) is 21.0 Å². The molecule has 0 aromatic rings. The highest BCUT2D eigenvalue weighted by Crippen LogP contribution is 1.71. The molecule has 80 valence electrons. The van der Waals surface area contributed by atoms with Crippen LogP contribution in [0.1, 0.15) is 0 Å². The van der Waals surface area contributed by atoms with Crippen LogP contribution in [0.25, 0.3) is 0 Å². The summed E-state index contributed by atoms with van der Waals surface area (Å²) in [5, 5.41) is 16.4. The minimum atomic E-state index is -0.913. The molecule has 0 spiro atoms. The molecule has 0 aromatic carbocycles. The van der Waals surface area contributed by atoms with Crippen LogP contribution in [0.5, 0.6) is 0 Å². The van der Waals surface area contributed by atoms with E-state index in [9.17, 15) is 10.1 Å². The van der Waals surface area contributed by atoms with Crippen LogP contribution in [0.3, 0.4) is 0 Å². The normalized spacial score (nSPS) is 6.92. The first-order valence-electron chi connectivity index (χ1n) is 2.49. The molecular formula is C3H9IN2O7. The van der Waals surface area contributed by atoms with Gasteiger partial charge in [0.25, 0.3) is 10.2 Å². The van der Waals surface area contributed by atoms with E-state index < -0.39 is 10.2 Å². The average molecular weight is 312 g/mol. The van der Waals surface area contributed by atoms with E-state index in [0.29, 0.717) is 0 Å². The molecule has 0 amide bonds. The second-order valence-electron chi connectivity index (χ2n) is 1.17. The average Bonchev–Trinajstić information content (AvgIpc) is 2.02. The predicted molar refractivity (Wildman–Crippen MR) is 49.4 cm³/mol. The number of hydrogen-bond donors (Lipinski definition) is 0. The van der Waals surface area contributed by atoms with Gasteiger partial charge in [-0.2, -0.15) is 0 Å². The zero-order valence-corrected chi connectivity index (χ0v) is 9.20. The molecule has 0 fully saturated rings. The van der Waals surface area contributed by atoms with E-state index in [1.54, 1.807) is 0 Å². The van der Waals surface area contributed by atoms with E-state index in [2.05, 4.69) is 14.4 Å². The Bertz CT molecular complexity index is 142. The molecule has 0 saturated carbocycles. The second kappa shape index (κ2) is 13.7. The van der Waals surface area contributed by atoms with Gasteiger partial charge in [0.15, 0.2) is 6.79 Å². The van der Waals surface area contributed by atoms with Crippen LogP contribution in [-0.2, 0) is 14.4 Å². The van der Waals surface area contributed by atoms with Gasteiger partial charge in [0.05, 0.1) is 7.11 Å². The molecular weight excluding hydrogens is 303 g/mol. The highest BCUT2D eigenvalue weighted by molar-refractivity contribution is 14.0. The summed E-state index contributed by atoms with van der Waals surface area (Å²) in [7, 11) is 2.31. The van der Waals surface area contributed by atoms with Crippen LogP contribution >= 0.6 is 24.0 Å². The van der Waals surface area contributed by atoms with Crippen LogP contribution in [0.15, 0.2) is 0 Å². The minimum Gasteiger partial charge on any atom is -0.358 e. The number of nitrogens with zero attached hydrogens (tertiary/aromatic N) is 2. The van der Waals surface area contributed by atoms with Gasteiger partial charge in [-0.05, 0) is 0 Å². The van der Waals surface area contributed by atoms with Crippen LogP contribution in [-0.4, -0.2) is 31.2 Å². The first-order chi connectivity index (χ1) is 5.54. The first kappa shape index (κ1) is 18.0. The summed E-state index contributed by atoms with van der Waals surface area (Å²) in [5.74, 6) is 0. The largest absolute Gasteiger partial charge is 0.358 e. The van der Waals surface area contributed by atoms with Gasteiger partial charge in [0.1, 0.15) is 0 Å². The molecule has 10 heteroatoms. The fourth-order valence-corrected chi connectivity index (χ4v) is 0.0957. The molecule has 0 N–H and O–H groups in total. The van der Waals surface area contributed by atoms with Crippen molar-refractivity contribution in [3.8, 4) is 0 Å². The number of halogens is 1. The molecule has 0 aliphatic heterocycles. The third-order valence-electron chi connectivity index (χ3n) is 0.425. The molecule has 0 unspecified atom stereocenters. The molecule has 0 atom stereocenters. The maximum Gasteiger partial charge on any atom is 0.296 e. The van der Waals surface area contributed by atoms with Gasteiger partial charge in [-0.15, -0.1) is 44.2 Å². The van der Waals surface area contributed by atoms with E-state index in [-0.39, 0.29) is 30.8 Å². The lowest BCUT2D eigenvalue weighted by Gasteiger charge is -1.90. The Kier molecular flexibility index (Phi) is 18.9. The number of hydrogen-bond acceptors (Lipinski definition) is 7. The summed E-state index contributed by atoms with van der Waals surface area (Å²) < 4.78 is 4.19. The van der Waals surface area contributed by atoms with Crippen molar-refractivity contribution in [3.05, 3.63) is 20.2 Å². The number of ether oxygens (including phenoxy) is 1. The van der Waals surface area contributed by atoms with Gasteiger partial charge in [0, 0.05) is 7.11 Å². The van der Waals surface area contributed by atoms with Gasteiger partial charge in [0.2, 0.25) is 0 Å². The van der Waals surface area contributed by atoms with Crippen molar-refractivity contribution in [3.63, 3.8) is 0 Å². The highest BCUT2D eigenvalue weighted by atomic mass is 127. The van der Waals surface area contributed by atoms with Crippen LogP contribution in [0.2, 0.25) is 0 Å². The maximum absolute atomic E-state index is 9.26. The Morgan fingerprint density at radius 1 is 1.15 bits per heavy atom. The topological polar surface area (TPSA) is 114 Å². The van der Waals surface area contributed by atoms with Crippen LogP contribution in [0.4, 0.5) is 0 Å². The van der Waals surface area contributed by atoms with E-state index >= 15 is 0 Å². The van der Waals surface area contributed by atoms with E-state index in [1.807, 2.05) is 0 Å². The summed E-state index contributed by atoms with van der Waals surface area (Å²) in [6, 6.07) is 0. The van der Waals surface area contributed by atoms with Gasteiger partial charge in [-0.25, -0.2) is 0 Å². The van der Waals surface area contributed by atoms with Crippen molar-refractivity contribution < 1.29 is 24.6 Å². The molecule has 0 saturated heterocycles. The van der Waals surface area contributed by atoms with Crippen molar-refractivity contribution in [1.82, 2.24) is 0 Å². The molecule has 0 bridgehead atoms. The molecule has 9 nitrogen and oxygen atoms in total. The summed E-state index contributed by atoms with van der Waals surface area (Å²) in [5.41, 5.74) is 0. The van der Waals surface area contributed by atoms with E-state index in [1.165, 1.54) is 7.11 Å². The minimum absolute atomic E-state index is 0. The fraction of sp³-hybridized carbons (Fsp3) is 1.00. The van der Waals surface area contributed by atoms with Crippen molar-refractivity contribution >= 4 is 24.0 Å². The zero-order chi connectivity index (χ0) is 9.98. The first-order valence-corrected chi connectivity index (χ1v) is 2.49. The molecule has 0 aliphatic rings. The third kappa shape index (κ3) is 35.4. The maximum atomic E-state index is 9.26. The number of methoxy groups -OCH3 is 1. The van der Waals surface area contributed by atoms with Gasteiger partial charge in [-0.3, -0.25) is 4.84 Å². The van der Waals surface area contributed by atoms with Crippen molar-refractivity contribution in [2.45, 2.75) is 0 Å². The molecule has 0 radical (unpaired) electrons. The van der Waals surface area contributed by atoms with Crippen molar-refractivity contribution in [2.24, 2.45) is 0 Å². The lowest BCUT2D eigenvalue weighted by molar-refractivity contribution is -0.766. The monoisotopic (exact) mass is 312 g/mol. The van der Waals surface area contributed by atoms with Gasteiger partial charge < -0.3 is 9.57 Å². The Hall–Kier alpha value is -0.910. The Morgan fingerprint density at radius 3 is 1.62 bits per heavy atom. The summed E-state index contributed by atoms with van der Waals surface area (Å²) in [6.45, 7) is -0.299. The van der Waals surface area contributed by atoms with Crippen LogP contribution in [0, 0.1) is 20.2 Å².